The van der Waals surface area contributed by atoms with Crippen LogP contribution in [-0.4, -0.2) is 124 Å². The second-order valence-corrected chi connectivity index (χ2v) is 15.1. The number of aromatic nitrogens is 3. The van der Waals surface area contributed by atoms with Gasteiger partial charge in [-0.1, -0.05) is 23.7 Å². The molecule has 1 N–H and O–H groups in total. The Bertz CT molecular complexity index is 1660. The number of halogens is 1. The zero-order chi connectivity index (χ0) is 38.9. The van der Waals surface area contributed by atoms with Crippen LogP contribution in [0.4, 0.5) is 0 Å². The number of hydrogen-bond acceptors (Lipinski definition) is 13. The summed E-state index contributed by atoms with van der Waals surface area (Å²) in [6.07, 6.45) is 0.330. The average Bonchev–Trinajstić information content (AvgIpc) is 3.60. The summed E-state index contributed by atoms with van der Waals surface area (Å²) >= 11 is 7.88. The van der Waals surface area contributed by atoms with E-state index in [1.807, 2.05) is 56.5 Å². The second-order valence-electron chi connectivity index (χ2n) is 13.5. The van der Waals surface area contributed by atoms with E-state index in [0.29, 0.717) is 96.7 Å². The van der Waals surface area contributed by atoms with Gasteiger partial charge in [-0.2, -0.15) is 0 Å². The van der Waals surface area contributed by atoms with E-state index in [9.17, 15) is 9.59 Å². The van der Waals surface area contributed by atoms with Crippen molar-refractivity contribution in [3.8, 4) is 5.00 Å². The number of nitrogens with zero attached hydrogens (tertiary/aromatic N) is 4. The van der Waals surface area contributed by atoms with Gasteiger partial charge in [0.25, 0.3) is 0 Å². The highest BCUT2D eigenvalue weighted by Crippen LogP contribution is 2.39. The largest absolute Gasteiger partial charge is 0.460 e. The van der Waals surface area contributed by atoms with Gasteiger partial charge < -0.3 is 38.5 Å². The maximum atomic E-state index is 13.1. The Balaban J connectivity index is 1.03. The average molecular weight is 792 g/mol. The summed E-state index contributed by atoms with van der Waals surface area (Å²) in [6, 6.07) is 7.08. The van der Waals surface area contributed by atoms with Gasteiger partial charge in [0.05, 0.1) is 97.8 Å². The minimum Gasteiger partial charge on any atom is -0.460 e. The van der Waals surface area contributed by atoms with Crippen molar-refractivity contribution in [2.45, 2.75) is 66.0 Å². The molecule has 1 aromatic carbocycles. The van der Waals surface area contributed by atoms with Crippen LogP contribution in [0.5, 0.6) is 0 Å². The van der Waals surface area contributed by atoms with E-state index < -0.39 is 11.6 Å². The highest BCUT2D eigenvalue weighted by molar-refractivity contribution is 7.15. The minimum absolute atomic E-state index is 0.111. The Kier molecular flexibility index (Phi) is 18.0. The van der Waals surface area contributed by atoms with Crippen LogP contribution in [0.15, 0.2) is 29.3 Å². The summed E-state index contributed by atoms with van der Waals surface area (Å²) in [5.41, 5.74) is 3.41. The maximum Gasteiger partial charge on any atom is 0.308 e. The van der Waals surface area contributed by atoms with Crippen LogP contribution in [0, 0.1) is 20.8 Å². The molecule has 0 saturated carbocycles. The molecule has 0 saturated heterocycles. The molecule has 2 aromatic heterocycles. The molecule has 1 aliphatic rings. The van der Waals surface area contributed by atoms with Crippen LogP contribution < -0.4 is 5.32 Å². The number of esters is 1. The second kappa shape index (κ2) is 22.3. The molecule has 0 spiro atoms. The molecule has 1 aliphatic heterocycles. The summed E-state index contributed by atoms with van der Waals surface area (Å²) in [5.74, 6) is 0.950. The van der Waals surface area contributed by atoms with Gasteiger partial charge in [0.1, 0.15) is 22.5 Å². The summed E-state index contributed by atoms with van der Waals surface area (Å²) < 4.78 is 40.3. The van der Waals surface area contributed by atoms with E-state index in [1.165, 1.54) is 4.88 Å². The van der Waals surface area contributed by atoms with E-state index in [0.717, 1.165) is 33.2 Å². The third kappa shape index (κ3) is 14.1. The number of nitrogens with one attached hydrogen (secondary N) is 1. The van der Waals surface area contributed by atoms with Gasteiger partial charge in [0, 0.05) is 27.6 Å². The van der Waals surface area contributed by atoms with Gasteiger partial charge in [0.2, 0.25) is 5.91 Å². The van der Waals surface area contributed by atoms with Gasteiger partial charge >= 0.3 is 5.97 Å². The number of ether oxygens (including phenoxy) is 7. The first-order valence-electron chi connectivity index (χ1n) is 18.3. The molecule has 16 heteroatoms. The lowest BCUT2D eigenvalue weighted by Gasteiger charge is -2.19. The van der Waals surface area contributed by atoms with E-state index in [4.69, 9.17) is 49.8 Å². The minimum atomic E-state index is -0.533. The lowest BCUT2D eigenvalue weighted by Crippen LogP contribution is -2.29. The van der Waals surface area contributed by atoms with E-state index in [1.54, 1.807) is 11.3 Å². The van der Waals surface area contributed by atoms with E-state index >= 15 is 0 Å². The third-order valence-corrected chi connectivity index (χ3v) is 9.48. The Labute approximate surface area is 326 Å². The lowest BCUT2D eigenvalue weighted by atomic mass is 9.99. The molecule has 0 fully saturated rings. The van der Waals surface area contributed by atoms with Crippen LogP contribution in [0.2, 0.25) is 5.02 Å². The van der Waals surface area contributed by atoms with Crippen molar-refractivity contribution < 1.29 is 42.7 Å². The number of carbonyl (C=O) groups is 2. The van der Waals surface area contributed by atoms with Crippen molar-refractivity contribution in [3.63, 3.8) is 0 Å². The number of aliphatic imine (C=N–C) groups is 1. The maximum absolute atomic E-state index is 13.1. The molecule has 54 heavy (non-hydrogen) atoms. The number of aryl methyl sites for hydroxylation is 2. The Morgan fingerprint density at radius 3 is 1.89 bits per heavy atom. The van der Waals surface area contributed by atoms with Gasteiger partial charge in [-0.05, 0) is 59.2 Å². The summed E-state index contributed by atoms with van der Waals surface area (Å²) in [6.45, 7) is 17.0. The molecule has 4 rings (SSSR count). The molecule has 3 aromatic rings. The predicted octanol–water partition coefficient (Wildman–Crippen LogP) is 5.14. The van der Waals surface area contributed by atoms with Crippen molar-refractivity contribution in [1.82, 2.24) is 20.1 Å². The van der Waals surface area contributed by atoms with Crippen molar-refractivity contribution in [2.24, 2.45) is 4.99 Å². The van der Waals surface area contributed by atoms with E-state index in [2.05, 4.69) is 29.4 Å². The molecule has 0 aliphatic carbocycles. The number of carbonyl (C=O) groups excluding carboxylic acids is 2. The molecule has 0 radical (unpaired) electrons. The standard InChI is InChI=1S/C38H54ClN5O9S/c1-26-27(2)54-37-34(26)35(29-7-9-30(39)10-8-29)41-31(36-43-42-28(3)44(36)37)25-32(45)40-12-14-48-16-18-50-20-22-52-24-23-51-21-19-49-17-15-47-13-11-33(46)53-38(4,5)6/h7-10,31H,11-25H2,1-6H3,(H,40,45)/t31-/m0/s1. The molecule has 1 amide bonds. The van der Waals surface area contributed by atoms with Crippen LogP contribution >= 0.6 is 22.9 Å². The predicted molar refractivity (Wildman–Crippen MR) is 206 cm³/mol. The Morgan fingerprint density at radius 1 is 0.796 bits per heavy atom. The zero-order valence-electron chi connectivity index (χ0n) is 32.2. The van der Waals surface area contributed by atoms with Crippen molar-refractivity contribution in [1.29, 1.82) is 0 Å². The number of benzene rings is 1. The quantitative estimate of drug-likeness (QED) is 0.0949. The van der Waals surface area contributed by atoms with E-state index in [-0.39, 0.29) is 24.7 Å². The lowest BCUT2D eigenvalue weighted by molar-refractivity contribution is -0.156. The van der Waals surface area contributed by atoms with Crippen molar-refractivity contribution >= 4 is 40.5 Å². The van der Waals surface area contributed by atoms with Gasteiger partial charge in [0.15, 0.2) is 5.82 Å². The van der Waals surface area contributed by atoms with Gasteiger partial charge in [-0.3, -0.25) is 19.1 Å². The monoisotopic (exact) mass is 791 g/mol. The topological polar surface area (TPSA) is 154 Å². The van der Waals surface area contributed by atoms with Gasteiger partial charge in [-0.25, -0.2) is 0 Å². The number of fused-ring (bicyclic) bond motifs is 3. The zero-order valence-corrected chi connectivity index (χ0v) is 33.8. The van der Waals surface area contributed by atoms with Crippen LogP contribution in [0.25, 0.3) is 5.00 Å². The number of rotatable bonds is 24. The smallest absolute Gasteiger partial charge is 0.308 e. The summed E-state index contributed by atoms with van der Waals surface area (Å²) in [4.78, 5) is 31.1. The normalized spacial score (nSPS) is 14.0. The highest BCUT2D eigenvalue weighted by Gasteiger charge is 2.32. The van der Waals surface area contributed by atoms with Crippen molar-refractivity contribution in [3.05, 3.63) is 62.5 Å². The van der Waals surface area contributed by atoms with Crippen molar-refractivity contribution in [2.75, 3.05) is 85.8 Å². The summed E-state index contributed by atoms with van der Waals surface area (Å²) in [5, 5.41) is 13.4. The molecular weight excluding hydrogens is 738 g/mol. The van der Waals surface area contributed by atoms with Gasteiger partial charge in [-0.15, -0.1) is 21.5 Å². The fraction of sp³-hybridized carbons (Fsp3) is 0.605. The Hall–Kier alpha value is -3.28. The molecule has 0 bridgehead atoms. The molecule has 298 valence electrons. The number of amides is 1. The third-order valence-electron chi connectivity index (χ3n) is 8.04. The fourth-order valence-corrected chi connectivity index (χ4v) is 6.73. The first kappa shape index (κ1) is 43.4. The number of hydrogen-bond donors (Lipinski definition) is 1. The first-order chi connectivity index (χ1) is 25.9. The molecular formula is C38H54ClN5O9S. The highest BCUT2D eigenvalue weighted by atomic mass is 35.5. The first-order valence-corrected chi connectivity index (χ1v) is 19.5. The molecule has 1 atom stereocenters. The van der Waals surface area contributed by atoms with Crippen LogP contribution in [-0.2, 0) is 42.7 Å². The summed E-state index contributed by atoms with van der Waals surface area (Å²) in [7, 11) is 0. The molecule has 0 unspecified atom stereocenters. The van der Waals surface area contributed by atoms with Crippen LogP contribution in [0.1, 0.15) is 72.9 Å². The molecule has 14 nitrogen and oxygen atoms in total. The fourth-order valence-electron chi connectivity index (χ4n) is 5.39. The number of thiophene rings is 1. The molecule has 3 heterocycles. The Morgan fingerprint density at radius 2 is 1.33 bits per heavy atom. The SMILES string of the molecule is Cc1sc2c(c1C)C(c1ccc(Cl)cc1)=N[C@@H](CC(=O)NCCOCCOCCOCCOCCOCCOCCC(=O)OC(C)(C)C)c1nnc(C)n1-2. The van der Waals surface area contributed by atoms with Crippen LogP contribution in [0.3, 0.4) is 0 Å².